The summed E-state index contributed by atoms with van der Waals surface area (Å²) >= 11 is 0. The summed E-state index contributed by atoms with van der Waals surface area (Å²) < 4.78 is 16.0. The van der Waals surface area contributed by atoms with E-state index in [9.17, 15) is 4.79 Å². The zero-order chi connectivity index (χ0) is 16.8. The molecule has 1 aliphatic heterocycles. The van der Waals surface area contributed by atoms with Crippen molar-refractivity contribution in [3.8, 4) is 17.2 Å². The molecule has 1 fully saturated rings. The number of hydrogen-bond donors (Lipinski definition) is 0. The Morgan fingerprint density at radius 1 is 1.09 bits per heavy atom. The lowest BCUT2D eigenvalue weighted by atomic mass is 10.0. The van der Waals surface area contributed by atoms with Crippen molar-refractivity contribution in [2.75, 3.05) is 34.4 Å². The summed E-state index contributed by atoms with van der Waals surface area (Å²) in [6.45, 7) is 3.96. The van der Waals surface area contributed by atoms with Gasteiger partial charge in [0.05, 0.1) is 27.8 Å². The third kappa shape index (κ3) is 4.30. The number of amides is 1. The van der Waals surface area contributed by atoms with Gasteiger partial charge in [-0.1, -0.05) is 6.92 Å². The van der Waals surface area contributed by atoms with Gasteiger partial charge in [0.2, 0.25) is 11.7 Å². The lowest BCUT2D eigenvalue weighted by molar-refractivity contribution is -0.130. The number of carbonyl (C=O) groups excluding carboxylic acids is 1. The van der Waals surface area contributed by atoms with Crippen molar-refractivity contribution >= 4 is 5.91 Å². The monoisotopic (exact) mass is 321 g/mol. The van der Waals surface area contributed by atoms with E-state index in [2.05, 4.69) is 6.92 Å². The number of ether oxygens (including phenoxy) is 3. The van der Waals surface area contributed by atoms with Gasteiger partial charge in [0, 0.05) is 13.1 Å². The molecule has 0 spiro atoms. The molecule has 5 nitrogen and oxygen atoms in total. The van der Waals surface area contributed by atoms with E-state index >= 15 is 0 Å². The van der Waals surface area contributed by atoms with Crippen LogP contribution >= 0.6 is 0 Å². The van der Waals surface area contributed by atoms with Gasteiger partial charge < -0.3 is 19.1 Å². The van der Waals surface area contributed by atoms with Crippen molar-refractivity contribution in [2.24, 2.45) is 5.92 Å². The predicted molar refractivity (Wildman–Crippen MR) is 89.4 cm³/mol. The Balaban J connectivity index is 2.14. The number of benzene rings is 1. The standard InChI is InChI=1S/C18H27NO4/c1-13-6-5-8-19(9-7-13)17(20)12-14-10-15(21-2)18(23-4)16(11-14)22-3/h10-11,13H,5-9,12H2,1-4H3. The van der Waals surface area contributed by atoms with Crippen LogP contribution in [0.25, 0.3) is 0 Å². The largest absolute Gasteiger partial charge is 0.493 e. The fourth-order valence-corrected chi connectivity index (χ4v) is 3.04. The van der Waals surface area contributed by atoms with Crippen LogP contribution in [0.5, 0.6) is 17.2 Å². The van der Waals surface area contributed by atoms with Crippen LogP contribution < -0.4 is 14.2 Å². The minimum atomic E-state index is 0.161. The maximum absolute atomic E-state index is 12.6. The molecule has 0 N–H and O–H groups in total. The van der Waals surface area contributed by atoms with E-state index in [1.807, 2.05) is 17.0 Å². The fourth-order valence-electron chi connectivity index (χ4n) is 3.04. The van der Waals surface area contributed by atoms with Crippen LogP contribution in [-0.2, 0) is 11.2 Å². The number of hydrogen-bond acceptors (Lipinski definition) is 4. The highest BCUT2D eigenvalue weighted by Gasteiger charge is 2.20. The molecule has 0 aromatic heterocycles. The molecule has 1 saturated heterocycles. The first kappa shape index (κ1) is 17.4. The zero-order valence-electron chi connectivity index (χ0n) is 14.6. The van der Waals surface area contributed by atoms with E-state index < -0.39 is 0 Å². The molecule has 2 rings (SSSR count). The quantitative estimate of drug-likeness (QED) is 0.837. The van der Waals surface area contributed by atoms with Crippen molar-refractivity contribution in [3.05, 3.63) is 17.7 Å². The Bertz CT molecular complexity index is 519. The molecule has 23 heavy (non-hydrogen) atoms. The van der Waals surface area contributed by atoms with Gasteiger partial charge in [-0.25, -0.2) is 0 Å². The minimum absolute atomic E-state index is 0.161. The summed E-state index contributed by atoms with van der Waals surface area (Å²) in [4.78, 5) is 14.6. The first-order valence-electron chi connectivity index (χ1n) is 8.15. The minimum Gasteiger partial charge on any atom is -0.493 e. The molecule has 1 unspecified atom stereocenters. The molecule has 1 amide bonds. The van der Waals surface area contributed by atoms with Crippen molar-refractivity contribution in [3.63, 3.8) is 0 Å². The molecular weight excluding hydrogens is 294 g/mol. The molecule has 0 aliphatic carbocycles. The second kappa shape index (κ2) is 8.09. The highest BCUT2D eigenvalue weighted by molar-refractivity contribution is 5.79. The van der Waals surface area contributed by atoms with Crippen molar-refractivity contribution in [2.45, 2.75) is 32.6 Å². The van der Waals surface area contributed by atoms with Crippen molar-refractivity contribution in [1.29, 1.82) is 0 Å². The summed E-state index contributed by atoms with van der Waals surface area (Å²) in [6.07, 6.45) is 3.72. The summed E-state index contributed by atoms with van der Waals surface area (Å²) in [5.41, 5.74) is 0.877. The molecule has 1 atom stereocenters. The Kier molecular flexibility index (Phi) is 6.13. The average Bonchev–Trinajstić information content (AvgIpc) is 2.78. The van der Waals surface area contributed by atoms with E-state index in [-0.39, 0.29) is 5.91 Å². The fraction of sp³-hybridized carbons (Fsp3) is 0.611. The Morgan fingerprint density at radius 3 is 2.30 bits per heavy atom. The summed E-state index contributed by atoms with van der Waals surface area (Å²) in [5, 5.41) is 0. The van der Waals surface area contributed by atoms with Crippen molar-refractivity contribution in [1.82, 2.24) is 4.90 Å². The highest BCUT2D eigenvalue weighted by atomic mass is 16.5. The smallest absolute Gasteiger partial charge is 0.226 e. The summed E-state index contributed by atoms with van der Waals surface area (Å²) in [7, 11) is 4.74. The molecule has 1 aromatic carbocycles. The van der Waals surface area contributed by atoms with Crippen molar-refractivity contribution < 1.29 is 19.0 Å². The zero-order valence-corrected chi connectivity index (χ0v) is 14.6. The van der Waals surface area contributed by atoms with Crippen LogP contribution in [0.1, 0.15) is 31.7 Å². The van der Waals surface area contributed by atoms with E-state index in [0.29, 0.717) is 29.6 Å². The Morgan fingerprint density at radius 2 is 1.74 bits per heavy atom. The summed E-state index contributed by atoms with van der Waals surface area (Å²) in [6, 6.07) is 3.69. The molecule has 0 bridgehead atoms. The molecule has 128 valence electrons. The van der Waals surface area contributed by atoms with Crippen LogP contribution in [0.4, 0.5) is 0 Å². The average molecular weight is 321 g/mol. The third-order valence-corrected chi connectivity index (χ3v) is 4.45. The van der Waals surface area contributed by atoms with Crippen LogP contribution in [-0.4, -0.2) is 45.2 Å². The predicted octanol–water partition coefficient (Wildman–Crippen LogP) is 2.90. The highest BCUT2D eigenvalue weighted by Crippen LogP contribution is 2.38. The first-order valence-corrected chi connectivity index (χ1v) is 8.15. The second-order valence-electron chi connectivity index (χ2n) is 6.13. The third-order valence-electron chi connectivity index (χ3n) is 4.45. The van der Waals surface area contributed by atoms with Crippen LogP contribution in [0.2, 0.25) is 0 Å². The topological polar surface area (TPSA) is 48.0 Å². The molecule has 1 aliphatic rings. The van der Waals surface area contributed by atoms with E-state index in [1.54, 1.807) is 21.3 Å². The van der Waals surface area contributed by atoms with Gasteiger partial charge in [0.15, 0.2) is 11.5 Å². The van der Waals surface area contributed by atoms with Gasteiger partial charge in [0.1, 0.15) is 0 Å². The second-order valence-corrected chi connectivity index (χ2v) is 6.13. The van der Waals surface area contributed by atoms with Crippen LogP contribution in [0, 0.1) is 5.92 Å². The number of rotatable bonds is 5. The van der Waals surface area contributed by atoms with Gasteiger partial charge in [-0.05, 0) is 42.9 Å². The summed E-state index contributed by atoms with van der Waals surface area (Å²) in [5.74, 6) is 2.58. The maximum atomic E-state index is 12.6. The lowest BCUT2D eigenvalue weighted by Gasteiger charge is -2.21. The van der Waals surface area contributed by atoms with E-state index in [1.165, 1.54) is 6.42 Å². The first-order chi connectivity index (χ1) is 11.1. The SMILES string of the molecule is COc1cc(CC(=O)N2CCCC(C)CC2)cc(OC)c1OC. The Labute approximate surface area is 138 Å². The Hall–Kier alpha value is -1.91. The number of likely N-dealkylation sites (tertiary alicyclic amines) is 1. The van der Waals surface area contributed by atoms with Crippen LogP contribution in [0.15, 0.2) is 12.1 Å². The van der Waals surface area contributed by atoms with Gasteiger partial charge >= 0.3 is 0 Å². The lowest BCUT2D eigenvalue weighted by Crippen LogP contribution is -2.33. The molecule has 0 saturated carbocycles. The number of methoxy groups -OCH3 is 3. The molecular formula is C18H27NO4. The van der Waals surface area contributed by atoms with Gasteiger partial charge in [-0.2, -0.15) is 0 Å². The van der Waals surface area contributed by atoms with Gasteiger partial charge in [0.25, 0.3) is 0 Å². The molecule has 1 aromatic rings. The van der Waals surface area contributed by atoms with E-state index in [4.69, 9.17) is 14.2 Å². The molecule has 5 heteroatoms. The van der Waals surface area contributed by atoms with E-state index in [0.717, 1.165) is 31.5 Å². The number of carbonyl (C=O) groups is 1. The maximum Gasteiger partial charge on any atom is 0.226 e. The van der Waals surface area contributed by atoms with Crippen LogP contribution in [0.3, 0.4) is 0 Å². The van der Waals surface area contributed by atoms with Gasteiger partial charge in [-0.3, -0.25) is 4.79 Å². The normalized spacial score (nSPS) is 18.3. The number of nitrogens with zero attached hydrogens (tertiary/aromatic N) is 1. The molecule has 1 heterocycles. The molecule has 0 radical (unpaired) electrons. The van der Waals surface area contributed by atoms with Gasteiger partial charge in [-0.15, -0.1) is 0 Å².